The number of anilines is 1. The zero-order chi connectivity index (χ0) is 25.0. The molecule has 2 atom stereocenters. The number of carbonyl (C=O) groups is 3. The normalized spacial score (nSPS) is 21.0. The van der Waals surface area contributed by atoms with Crippen LogP contribution in [0.4, 0.5) is 10.5 Å². The van der Waals surface area contributed by atoms with Gasteiger partial charge < -0.3 is 5.32 Å². The zero-order valence-corrected chi connectivity index (χ0v) is 20.0. The Kier molecular flexibility index (Phi) is 4.93. The van der Waals surface area contributed by atoms with E-state index in [1.54, 1.807) is 0 Å². The number of urea groups is 1. The third kappa shape index (κ3) is 2.87. The lowest BCUT2D eigenvalue weighted by atomic mass is 9.58. The van der Waals surface area contributed by atoms with E-state index < -0.39 is 35.2 Å². The molecule has 0 aromatic heterocycles. The number of benzene rings is 4. The molecule has 0 saturated carbocycles. The Morgan fingerprint density at radius 2 is 1.22 bits per heavy atom. The van der Waals surface area contributed by atoms with Crippen molar-refractivity contribution in [2.45, 2.75) is 12.0 Å². The number of imide groups is 2. The van der Waals surface area contributed by atoms with Crippen LogP contribution >= 0.6 is 0 Å². The molecule has 1 saturated heterocycles. The van der Waals surface area contributed by atoms with Gasteiger partial charge in [0.2, 0.25) is 11.8 Å². The molecule has 178 valence electrons. The van der Waals surface area contributed by atoms with E-state index in [0.717, 1.165) is 43.0 Å². The quantitative estimate of drug-likeness (QED) is 0.406. The SMILES string of the molecule is CN1C(=O)N(C)C(=O)C2(C1=O)C(c1ccccc1)Nc1c(ccc3ccccc13)C2c1ccccc1. The average Bonchev–Trinajstić information content (AvgIpc) is 2.94. The topological polar surface area (TPSA) is 69.7 Å². The molecule has 2 unspecified atom stereocenters. The number of nitrogens with one attached hydrogen (secondary N) is 1. The van der Waals surface area contributed by atoms with Gasteiger partial charge in [-0.1, -0.05) is 97.1 Å². The van der Waals surface area contributed by atoms with E-state index >= 15 is 0 Å². The Balaban J connectivity index is 1.75. The van der Waals surface area contributed by atoms with E-state index in [9.17, 15) is 14.4 Å². The first kappa shape index (κ1) is 22.0. The number of fused-ring (bicyclic) bond motifs is 3. The first-order valence-corrected chi connectivity index (χ1v) is 11.9. The monoisotopic (exact) mass is 475 g/mol. The Labute approximate surface area is 209 Å². The molecule has 0 aliphatic carbocycles. The second-order valence-corrected chi connectivity index (χ2v) is 9.46. The highest BCUT2D eigenvalue weighted by atomic mass is 16.2. The highest BCUT2D eigenvalue weighted by Gasteiger charge is 2.66. The highest BCUT2D eigenvalue weighted by Crippen LogP contribution is 2.59. The molecule has 6 rings (SSSR count). The molecule has 4 aromatic carbocycles. The molecule has 1 spiro atoms. The summed E-state index contributed by atoms with van der Waals surface area (Å²) in [6.07, 6.45) is 0. The Morgan fingerprint density at radius 3 is 1.86 bits per heavy atom. The van der Waals surface area contributed by atoms with E-state index in [1.807, 2.05) is 91.0 Å². The van der Waals surface area contributed by atoms with Crippen LogP contribution in [-0.2, 0) is 9.59 Å². The molecular weight excluding hydrogens is 450 g/mol. The summed E-state index contributed by atoms with van der Waals surface area (Å²) in [7, 11) is 2.91. The maximum atomic E-state index is 14.3. The van der Waals surface area contributed by atoms with Crippen molar-refractivity contribution >= 4 is 34.3 Å². The summed E-state index contributed by atoms with van der Waals surface area (Å²) in [5, 5.41) is 5.70. The second kappa shape index (κ2) is 8.05. The summed E-state index contributed by atoms with van der Waals surface area (Å²) in [5.41, 5.74) is 1.77. The minimum absolute atomic E-state index is 0.510. The van der Waals surface area contributed by atoms with Gasteiger partial charge in [0.25, 0.3) is 0 Å². The molecule has 4 amide bonds. The van der Waals surface area contributed by atoms with Crippen molar-refractivity contribution < 1.29 is 14.4 Å². The standard InChI is InChI=1S/C30H25N3O3/c1-32-27(34)30(28(35)33(2)29(32)36)24(20-12-5-3-6-13-20)23-18-17-19-11-9-10-16-22(19)25(23)31-26(30)21-14-7-4-8-15-21/h3-18,24,26,31H,1-2H3. The number of hydrogen-bond acceptors (Lipinski definition) is 4. The Hall–Kier alpha value is -4.45. The molecule has 2 aliphatic rings. The number of carbonyl (C=O) groups excluding carboxylic acids is 3. The van der Waals surface area contributed by atoms with Crippen LogP contribution < -0.4 is 5.32 Å². The molecule has 0 bridgehead atoms. The van der Waals surface area contributed by atoms with Crippen LogP contribution in [0.1, 0.15) is 28.7 Å². The molecule has 36 heavy (non-hydrogen) atoms. The molecule has 4 aromatic rings. The van der Waals surface area contributed by atoms with Crippen LogP contribution in [0, 0.1) is 5.41 Å². The average molecular weight is 476 g/mol. The predicted octanol–water partition coefficient (Wildman–Crippen LogP) is 5.18. The molecule has 6 nitrogen and oxygen atoms in total. The van der Waals surface area contributed by atoms with Gasteiger partial charge in [-0.05, 0) is 22.1 Å². The summed E-state index contributed by atoms with van der Waals surface area (Å²) in [5.74, 6) is -1.64. The predicted molar refractivity (Wildman–Crippen MR) is 138 cm³/mol. The summed E-state index contributed by atoms with van der Waals surface area (Å²) >= 11 is 0. The third-order valence-electron chi connectivity index (χ3n) is 7.63. The first-order chi connectivity index (χ1) is 17.5. The molecule has 1 N–H and O–H groups in total. The lowest BCUT2D eigenvalue weighted by Crippen LogP contribution is -2.68. The van der Waals surface area contributed by atoms with Gasteiger partial charge in [-0.3, -0.25) is 19.4 Å². The van der Waals surface area contributed by atoms with E-state index in [1.165, 1.54) is 14.1 Å². The number of nitrogens with zero attached hydrogens (tertiary/aromatic N) is 2. The smallest absolute Gasteiger partial charge is 0.332 e. The van der Waals surface area contributed by atoms with E-state index in [4.69, 9.17) is 0 Å². The van der Waals surface area contributed by atoms with Crippen LogP contribution in [0.2, 0.25) is 0 Å². The Bertz CT molecular complexity index is 1490. The first-order valence-electron chi connectivity index (χ1n) is 11.9. The molecule has 1 fully saturated rings. The number of barbiturate groups is 1. The number of amides is 4. The van der Waals surface area contributed by atoms with Crippen LogP contribution in [-0.4, -0.2) is 41.7 Å². The van der Waals surface area contributed by atoms with Crippen LogP contribution in [0.3, 0.4) is 0 Å². The molecule has 6 heteroatoms. The van der Waals surface area contributed by atoms with E-state index in [2.05, 4.69) is 11.4 Å². The van der Waals surface area contributed by atoms with Crippen LogP contribution in [0.5, 0.6) is 0 Å². The molecule has 0 radical (unpaired) electrons. The van der Waals surface area contributed by atoms with Gasteiger partial charge in [0, 0.05) is 31.1 Å². The zero-order valence-electron chi connectivity index (χ0n) is 20.0. The van der Waals surface area contributed by atoms with Gasteiger partial charge in [-0.15, -0.1) is 0 Å². The second-order valence-electron chi connectivity index (χ2n) is 9.46. The highest BCUT2D eigenvalue weighted by molar-refractivity contribution is 6.21. The Morgan fingerprint density at radius 1 is 0.667 bits per heavy atom. The lowest BCUT2D eigenvalue weighted by molar-refractivity contribution is -0.160. The molecule has 2 heterocycles. The van der Waals surface area contributed by atoms with Gasteiger partial charge in [0.1, 0.15) is 0 Å². The van der Waals surface area contributed by atoms with Crippen LogP contribution in [0.15, 0.2) is 97.1 Å². The van der Waals surface area contributed by atoms with Gasteiger partial charge in [-0.2, -0.15) is 0 Å². The van der Waals surface area contributed by atoms with Crippen molar-refractivity contribution in [2.24, 2.45) is 5.41 Å². The fourth-order valence-electron chi connectivity index (χ4n) is 5.98. The minimum atomic E-state index is -1.62. The third-order valence-corrected chi connectivity index (χ3v) is 7.63. The summed E-state index contributed by atoms with van der Waals surface area (Å²) < 4.78 is 0. The van der Waals surface area contributed by atoms with E-state index in [-0.39, 0.29) is 0 Å². The van der Waals surface area contributed by atoms with Crippen LogP contribution in [0.25, 0.3) is 10.8 Å². The summed E-state index contributed by atoms with van der Waals surface area (Å²) in [6, 6.07) is 30.0. The van der Waals surface area contributed by atoms with Crippen molar-refractivity contribution in [3.63, 3.8) is 0 Å². The minimum Gasteiger partial charge on any atom is -0.376 e. The lowest BCUT2D eigenvalue weighted by Gasteiger charge is -2.53. The summed E-state index contributed by atoms with van der Waals surface area (Å²) in [4.78, 5) is 43.7. The van der Waals surface area contributed by atoms with Crippen molar-refractivity contribution in [1.82, 2.24) is 9.80 Å². The maximum Gasteiger partial charge on any atom is 0.332 e. The summed E-state index contributed by atoms with van der Waals surface area (Å²) in [6.45, 7) is 0. The van der Waals surface area contributed by atoms with Gasteiger partial charge in [-0.25, -0.2) is 4.79 Å². The van der Waals surface area contributed by atoms with Gasteiger partial charge >= 0.3 is 6.03 Å². The number of rotatable bonds is 2. The molecule has 2 aliphatic heterocycles. The van der Waals surface area contributed by atoms with Gasteiger partial charge in [0.15, 0.2) is 5.41 Å². The van der Waals surface area contributed by atoms with Crippen molar-refractivity contribution in [3.05, 3.63) is 114 Å². The maximum absolute atomic E-state index is 14.3. The van der Waals surface area contributed by atoms with Crippen molar-refractivity contribution in [3.8, 4) is 0 Å². The molecular formula is C30H25N3O3. The fourth-order valence-corrected chi connectivity index (χ4v) is 5.98. The van der Waals surface area contributed by atoms with Crippen molar-refractivity contribution in [2.75, 3.05) is 19.4 Å². The largest absolute Gasteiger partial charge is 0.376 e. The number of hydrogen-bond donors (Lipinski definition) is 1. The fraction of sp³-hybridized carbons (Fsp3) is 0.167. The van der Waals surface area contributed by atoms with Crippen molar-refractivity contribution in [1.29, 1.82) is 0 Å². The van der Waals surface area contributed by atoms with Gasteiger partial charge in [0.05, 0.1) is 6.04 Å². The van der Waals surface area contributed by atoms with E-state index in [0.29, 0.717) is 0 Å².